The Hall–Kier alpha value is -3.20. The third kappa shape index (κ3) is 4.14. The Labute approximate surface area is 135 Å². The van der Waals surface area contributed by atoms with Gasteiger partial charge in [0.25, 0.3) is 0 Å². The highest BCUT2D eigenvalue weighted by molar-refractivity contribution is 7.80. The van der Waals surface area contributed by atoms with Crippen molar-refractivity contribution in [1.29, 1.82) is 0 Å². The fourth-order valence-electron chi connectivity index (χ4n) is 1.75. The largest absolute Gasteiger partial charge is 0.478 e. The van der Waals surface area contributed by atoms with Crippen molar-refractivity contribution in [3.05, 3.63) is 47.2 Å². The summed E-state index contributed by atoms with van der Waals surface area (Å²) in [5, 5.41) is 21.8. The maximum absolute atomic E-state index is 11.1. The molecule has 9 heteroatoms. The molecular weight excluding hydrogens is 322 g/mol. The quantitative estimate of drug-likeness (QED) is 0.367. The van der Waals surface area contributed by atoms with E-state index in [9.17, 15) is 9.59 Å². The van der Waals surface area contributed by atoms with Crippen molar-refractivity contribution >= 4 is 35.5 Å². The highest BCUT2D eigenvalue weighted by Crippen LogP contribution is 2.24. The van der Waals surface area contributed by atoms with Gasteiger partial charge in [-0.2, -0.15) is 5.10 Å². The number of carboxylic acids is 2. The van der Waals surface area contributed by atoms with Gasteiger partial charge in [0.1, 0.15) is 11.5 Å². The number of aromatic carboxylic acids is 2. The van der Waals surface area contributed by atoms with Gasteiger partial charge in [-0.25, -0.2) is 9.59 Å². The molecule has 0 saturated carbocycles. The number of hydrogen-bond acceptors (Lipinski definition) is 5. The van der Waals surface area contributed by atoms with Crippen molar-refractivity contribution in [2.24, 2.45) is 10.8 Å². The summed E-state index contributed by atoms with van der Waals surface area (Å²) in [7, 11) is 0. The molecule has 0 saturated heterocycles. The molecule has 0 amide bonds. The number of hydrazone groups is 1. The maximum Gasteiger partial charge on any atom is 0.335 e. The van der Waals surface area contributed by atoms with Gasteiger partial charge in [-0.15, -0.1) is 0 Å². The minimum Gasteiger partial charge on any atom is -0.478 e. The van der Waals surface area contributed by atoms with E-state index in [0.29, 0.717) is 17.1 Å². The van der Waals surface area contributed by atoms with E-state index >= 15 is 0 Å². The number of thiocarbonyl (C=S) groups is 1. The standard InChI is InChI=1S/C14H11N3O5S/c15-14(23)17-16-6-10-1-2-11(22-10)7-3-8(12(18)19)5-9(4-7)13(20)21/h1-6H,(H,18,19)(H,20,21)(H3,15,17,23)/b16-6+. The number of rotatable bonds is 5. The molecule has 0 bridgehead atoms. The summed E-state index contributed by atoms with van der Waals surface area (Å²) >= 11 is 4.58. The van der Waals surface area contributed by atoms with Gasteiger partial charge >= 0.3 is 11.9 Å². The van der Waals surface area contributed by atoms with E-state index in [0.717, 1.165) is 6.07 Å². The third-order valence-electron chi connectivity index (χ3n) is 2.70. The Bertz CT molecular complexity index is 780. The molecule has 2 rings (SSSR count). The fourth-order valence-corrected chi connectivity index (χ4v) is 1.81. The first-order valence-electron chi connectivity index (χ1n) is 6.17. The van der Waals surface area contributed by atoms with Gasteiger partial charge in [-0.1, -0.05) is 0 Å². The lowest BCUT2D eigenvalue weighted by Crippen LogP contribution is -2.23. The Morgan fingerprint density at radius 3 is 2.30 bits per heavy atom. The zero-order chi connectivity index (χ0) is 17.0. The minimum absolute atomic E-state index is 0.00621. The molecule has 8 nitrogen and oxygen atoms in total. The van der Waals surface area contributed by atoms with Crippen molar-refractivity contribution in [1.82, 2.24) is 5.43 Å². The van der Waals surface area contributed by atoms with E-state index in [1.54, 1.807) is 12.1 Å². The van der Waals surface area contributed by atoms with E-state index < -0.39 is 11.9 Å². The summed E-state index contributed by atoms with van der Waals surface area (Å²) in [6.07, 6.45) is 1.32. The highest BCUT2D eigenvalue weighted by atomic mass is 32.1. The maximum atomic E-state index is 11.1. The van der Waals surface area contributed by atoms with E-state index in [4.69, 9.17) is 20.4 Å². The molecule has 0 fully saturated rings. The molecule has 5 N–H and O–H groups in total. The second kappa shape index (κ2) is 6.71. The Balaban J connectivity index is 2.36. The summed E-state index contributed by atoms with van der Waals surface area (Å²) in [5.74, 6) is -1.82. The van der Waals surface area contributed by atoms with Gasteiger partial charge in [0.05, 0.1) is 17.3 Å². The number of benzene rings is 1. The van der Waals surface area contributed by atoms with Gasteiger partial charge < -0.3 is 20.4 Å². The molecule has 0 radical (unpaired) electrons. The van der Waals surface area contributed by atoms with Gasteiger partial charge in [0.2, 0.25) is 0 Å². The van der Waals surface area contributed by atoms with Gasteiger partial charge in [0.15, 0.2) is 5.11 Å². The van der Waals surface area contributed by atoms with Crippen molar-refractivity contribution in [3.8, 4) is 11.3 Å². The SMILES string of the molecule is NC(=S)N/N=C/c1ccc(-c2cc(C(=O)O)cc(C(=O)O)c2)o1. The van der Waals surface area contributed by atoms with Crippen LogP contribution < -0.4 is 11.2 Å². The molecule has 0 unspecified atom stereocenters. The predicted octanol–water partition coefficient (Wildman–Crippen LogP) is 1.51. The third-order valence-corrected chi connectivity index (χ3v) is 2.80. The van der Waals surface area contributed by atoms with Crippen LogP contribution in [-0.2, 0) is 0 Å². The van der Waals surface area contributed by atoms with Crippen LogP contribution in [0.15, 0.2) is 39.9 Å². The van der Waals surface area contributed by atoms with E-state index in [1.807, 2.05) is 0 Å². The topological polar surface area (TPSA) is 138 Å². The highest BCUT2D eigenvalue weighted by Gasteiger charge is 2.14. The Kier molecular flexibility index (Phi) is 4.72. The zero-order valence-electron chi connectivity index (χ0n) is 11.5. The van der Waals surface area contributed by atoms with E-state index in [2.05, 4.69) is 22.7 Å². The molecule has 0 aliphatic carbocycles. The number of nitrogens with zero attached hydrogens (tertiary/aromatic N) is 1. The van der Waals surface area contributed by atoms with Gasteiger partial charge in [-0.05, 0) is 42.5 Å². The first kappa shape index (κ1) is 16.2. The zero-order valence-corrected chi connectivity index (χ0v) is 12.3. The molecule has 0 atom stereocenters. The van der Waals surface area contributed by atoms with Crippen molar-refractivity contribution in [2.75, 3.05) is 0 Å². The van der Waals surface area contributed by atoms with Crippen LogP contribution in [0.5, 0.6) is 0 Å². The molecule has 1 aromatic carbocycles. The predicted molar refractivity (Wildman–Crippen MR) is 85.6 cm³/mol. The summed E-state index contributed by atoms with van der Waals surface area (Å²) in [6.45, 7) is 0. The van der Waals surface area contributed by atoms with Crippen LogP contribution >= 0.6 is 12.2 Å². The van der Waals surface area contributed by atoms with E-state index in [1.165, 1.54) is 18.3 Å². The van der Waals surface area contributed by atoms with Crippen LogP contribution in [0.4, 0.5) is 0 Å². The minimum atomic E-state index is -1.23. The van der Waals surface area contributed by atoms with Crippen LogP contribution in [-0.4, -0.2) is 33.5 Å². The molecule has 1 aromatic heterocycles. The van der Waals surface area contributed by atoms with E-state index in [-0.39, 0.29) is 16.2 Å². The van der Waals surface area contributed by atoms with Gasteiger partial charge in [-0.3, -0.25) is 5.43 Å². The molecule has 0 aliphatic rings. The smallest absolute Gasteiger partial charge is 0.335 e. The molecule has 1 heterocycles. The average molecular weight is 333 g/mol. The molecule has 0 spiro atoms. The number of carboxylic acid groups (broad SMARTS) is 2. The average Bonchev–Trinajstić information content (AvgIpc) is 2.95. The van der Waals surface area contributed by atoms with Crippen molar-refractivity contribution < 1.29 is 24.2 Å². The summed E-state index contributed by atoms with van der Waals surface area (Å²) in [5.41, 5.74) is 7.58. The Morgan fingerprint density at radius 2 is 1.78 bits per heavy atom. The fraction of sp³-hybridized carbons (Fsp3) is 0. The molecule has 23 heavy (non-hydrogen) atoms. The number of nitrogens with two attached hydrogens (primary N) is 1. The van der Waals surface area contributed by atoms with Crippen LogP contribution in [0.25, 0.3) is 11.3 Å². The molecule has 0 aliphatic heterocycles. The Morgan fingerprint density at radius 1 is 1.17 bits per heavy atom. The second-order valence-electron chi connectivity index (χ2n) is 4.35. The molecule has 118 valence electrons. The monoisotopic (exact) mass is 333 g/mol. The van der Waals surface area contributed by atoms with Crippen LogP contribution in [0.3, 0.4) is 0 Å². The van der Waals surface area contributed by atoms with Crippen LogP contribution in [0, 0.1) is 0 Å². The van der Waals surface area contributed by atoms with Crippen LogP contribution in [0.2, 0.25) is 0 Å². The first-order chi connectivity index (χ1) is 10.9. The summed E-state index contributed by atoms with van der Waals surface area (Å²) in [4.78, 5) is 22.2. The number of nitrogens with one attached hydrogen (secondary N) is 1. The second-order valence-corrected chi connectivity index (χ2v) is 4.79. The lowest BCUT2D eigenvalue weighted by Gasteiger charge is -2.03. The summed E-state index contributed by atoms with van der Waals surface area (Å²) < 4.78 is 5.46. The normalized spacial score (nSPS) is 10.6. The first-order valence-corrected chi connectivity index (χ1v) is 6.58. The molecule has 2 aromatic rings. The van der Waals surface area contributed by atoms with Crippen molar-refractivity contribution in [3.63, 3.8) is 0 Å². The van der Waals surface area contributed by atoms with Crippen molar-refractivity contribution in [2.45, 2.75) is 0 Å². The lowest BCUT2D eigenvalue weighted by molar-refractivity contribution is 0.0696. The lowest BCUT2D eigenvalue weighted by atomic mass is 10.0. The van der Waals surface area contributed by atoms with Crippen LogP contribution in [0.1, 0.15) is 26.5 Å². The number of furan rings is 1. The molecular formula is C14H11N3O5S. The number of carbonyl (C=O) groups is 2. The number of hydrogen-bond donors (Lipinski definition) is 4. The van der Waals surface area contributed by atoms with Gasteiger partial charge in [0, 0.05) is 5.56 Å². The summed E-state index contributed by atoms with van der Waals surface area (Å²) in [6, 6.07) is 6.86.